The molecule has 3 aromatic rings. The zero-order valence-electron chi connectivity index (χ0n) is 22.3. The number of nitrogens with zero attached hydrogens (tertiary/aromatic N) is 1. The number of benzene rings is 3. The van der Waals surface area contributed by atoms with E-state index >= 15 is 0 Å². The van der Waals surface area contributed by atoms with Gasteiger partial charge in [0.25, 0.3) is 5.91 Å². The molecule has 4 rings (SSSR count). The summed E-state index contributed by atoms with van der Waals surface area (Å²) in [5.74, 6) is 1.09. The first kappa shape index (κ1) is 26.3. The van der Waals surface area contributed by atoms with Gasteiger partial charge in [-0.2, -0.15) is 0 Å². The van der Waals surface area contributed by atoms with Crippen molar-refractivity contribution in [3.63, 3.8) is 0 Å². The van der Waals surface area contributed by atoms with Crippen LogP contribution in [0.25, 0.3) is 11.3 Å². The van der Waals surface area contributed by atoms with Crippen molar-refractivity contribution in [3.05, 3.63) is 83.4 Å². The van der Waals surface area contributed by atoms with Gasteiger partial charge in [0.15, 0.2) is 11.5 Å². The summed E-state index contributed by atoms with van der Waals surface area (Å²) in [6, 6.07) is 22.2. The van der Waals surface area contributed by atoms with Crippen molar-refractivity contribution in [3.8, 4) is 11.5 Å². The van der Waals surface area contributed by atoms with Crippen LogP contribution in [-0.4, -0.2) is 37.1 Å². The van der Waals surface area contributed by atoms with Crippen molar-refractivity contribution in [2.45, 2.75) is 40.7 Å². The standard InChI is InChI=1S/C31H37N3O3/c1-5-18-34(6-2)21-22-14-16-24(17-15-22)32-30(23-12-10-9-11-13-23)29-25-19-27(36-7-3)28(37-8-4)20-26(25)33-31(29)35/h9-17,19-20,32H,5-8,18,21H2,1-4H3,(H,33,35)/b30-29-. The molecule has 1 heterocycles. The van der Waals surface area contributed by atoms with Gasteiger partial charge >= 0.3 is 0 Å². The van der Waals surface area contributed by atoms with Crippen molar-refractivity contribution in [1.82, 2.24) is 4.90 Å². The minimum atomic E-state index is -0.160. The predicted octanol–water partition coefficient (Wildman–Crippen LogP) is 6.65. The van der Waals surface area contributed by atoms with Crippen LogP contribution in [0.2, 0.25) is 0 Å². The van der Waals surface area contributed by atoms with Crippen LogP contribution < -0.4 is 20.1 Å². The third-order valence-corrected chi connectivity index (χ3v) is 6.36. The highest BCUT2D eigenvalue weighted by atomic mass is 16.5. The summed E-state index contributed by atoms with van der Waals surface area (Å²) in [6.45, 7) is 12.3. The molecule has 0 radical (unpaired) electrons. The Morgan fingerprint density at radius 2 is 1.57 bits per heavy atom. The number of hydrogen-bond acceptors (Lipinski definition) is 5. The first-order valence-corrected chi connectivity index (χ1v) is 13.2. The number of nitrogens with one attached hydrogen (secondary N) is 2. The van der Waals surface area contributed by atoms with E-state index in [1.807, 2.05) is 56.3 Å². The Morgan fingerprint density at radius 1 is 0.892 bits per heavy atom. The molecule has 2 N–H and O–H groups in total. The lowest BCUT2D eigenvalue weighted by molar-refractivity contribution is -0.110. The normalized spacial score (nSPS) is 13.8. The van der Waals surface area contributed by atoms with Crippen LogP contribution >= 0.6 is 0 Å². The van der Waals surface area contributed by atoms with Crippen molar-refractivity contribution >= 4 is 28.6 Å². The van der Waals surface area contributed by atoms with Gasteiger partial charge in [0.05, 0.1) is 30.2 Å². The Morgan fingerprint density at radius 3 is 2.19 bits per heavy atom. The van der Waals surface area contributed by atoms with Gasteiger partial charge in [-0.1, -0.05) is 56.3 Å². The fraction of sp³-hybridized carbons (Fsp3) is 0.323. The lowest BCUT2D eigenvalue weighted by atomic mass is 9.99. The highest BCUT2D eigenvalue weighted by molar-refractivity contribution is 6.37. The molecule has 1 aliphatic heterocycles. The molecule has 0 spiro atoms. The van der Waals surface area contributed by atoms with Crippen LogP contribution in [0.1, 0.15) is 50.8 Å². The molecule has 37 heavy (non-hydrogen) atoms. The first-order valence-electron chi connectivity index (χ1n) is 13.2. The second-order valence-electron chi connectivity index (χ2n) is 8.97. The summed E-state index contributed by atoms with van der Waals surface area (Å²) in [7, 11) is 0. The Balaban J connectivity index is 1.74. The predicted molar refractivity (Wildman–Crippen MR) is 152 cm³/mol. The molecule has 0 fully saturated rings. The Kier molecular flexibility index (Phi) is 8.86. The van der Waals surface area contributed by atoms with Crippen LogP contribution in [0.3, 0.4) is 0 Å². The van der Waals surface area contributed by atoms with E-state index in [0.29, 0.717) is 36.0 Å². The van der Waals surface area contributed by atoms with Gasteiger partial charge in [-0.3, -0.25) is 9.69 Å². The topological polar surface area (TPSA) is 62.8 Å². The van der Waals surface area contributed by atoms with Crippen molar-refractivity contribution in [2.24, 2.45) is 0 Å². The van der Waals surface area contributed by atoms with Crippen LogP contribution in [0, 0.1) is 0 Å². The molecule has 0 saturated carbocycles. The van der Waals surface area contributed by atoms with Gasteiger partial charge in [0.2, 0.25) is 0 Å². The van der Waals surface area contributed by atoms with Gasteiger partial charge in [-0.15, -0.1) is 0 Å². The SMILES string of the molecule is CCCN(CC)Cc1ccc(N/C(=C2\C(=O)Nc3cc(OCC)c(OCC)cc32)c2ccccc2)cc1. The van der Waals surface area contributed by atoms with Crippen LogP contribution in [0.4, 0.5) is 11.4 Å². The molecule has 1 aliphatic rings. The van der Waals surface area contributed by atoms with E-state index in [1.54, 1.807) is 0 Å². The molecule has 0 aromatic heterocycles. The Labute approximate surface area is 220 Å². The number of anilines is 2. The van der Waals surface area contributed by atoms with E-state index in [9.17, 15) is 4.79 Å². The highest BCUT2D eigenvalue weighted by Crippen LogP contribution is 2.43. The molecule has 3 aromatic carbocycles. The Hall–Kier alpha value is -3.77. The number of carbonyl (C=O) groups excluding carboxylic acids is 1. The Bertz CT molecular complexity index is 1240. The monoisotopic (exact) mass is 499 g/mol. The molecule has 6 heteroatoms. The first-order chi connectivity index (χ1) is 18.1. The average molecular weight is 500 g/mol. The zero-order chi connectivity index (χ0) is 26.2. The van der Waals surface area contributed by atoms with Crippen molar-refractivity contribution < 1.29 is 14.3 Å². The molecule has 0 unspecified atom stereocenters. The molecule has 0 bridgehead atoms. The fourth-order valence-electron chi connectivity index (χ4n) is 4.61. The van der Waals surface area contributed by atoms with Crippen LogP contribution in [0.5, 0.6) is 11.5 Å². The lowest BCUT2D eigenvalue weighted by Crippen LogP contribution is -2.23. The van der Waals surface area contributed by atoms with E-state index in [1.165, 1.54) is 5.56 Å². The minimum absolute atomic E-state index is 0.160. The number of ether oxygens (including phenoxy) is 2. The summed E-state index contributed by atoms with van der Waals surface area (Å²) in [5.41, 5.74) is 5.95. The maximum absolute atomic E-state index is 13.3. The fourth-order valence-corrected chi connectivity index (χ4v) is 4.61. The third-order valence-electron chi connectivity index (χ3n) is 6.36. The van der Waals surface area contributed by atoms with Crippen LogP contribution in [-0.2, 0) is 11.3 Å². The number of amides is 1. The second kappa shape index (κ2) is 12.5. The van der Waals surface area contributed by atoms with Crippen molar-refractivity contribution in [1.29, 1.82) is 0 Å². The largest absolute Gasteiger partial charge is 0.490 e. The van der Waals surface area contributed by atoms with Gasteiger partial charge in [0, 0.05) is 23.9 Å². The quantitative estimate of drug-likeness (QED) is 0.273. The summed E-state index contributed by atoms with van der Waals surface area (Å²) in [4.78, 5) is 15.8. The van der Waals surface area contributed by atoms with Gasteiger partial charge in [-0.25, -0.2) is 0 Å². The van der Waals surface area contributed by atoms with Gasteiger partial charge < -0.3 is 20.1 Å². The lowest BCUT2D eigenvalue weighted by Gasteiger charge is -2.20. The highest BCUT2D eigenvalue weighted by Gasteiger charge is 2.30. The van der Waals surface area contributed by atoms with E-state index < -0.39 is 0 Å². The molecule has 0 aliphatic carbocycles. The zero-order valence-corrected chi connectivity index (χ0v) is 22.3. The molecule has 0 atom stereocenters. The number of fused-ring (bicyclic) bond motifs is 1. The molecule has 6 nitrogen and oxygen atoms in total. The maximum atomic E-state index is 13.3. The van der Waals surface area contributed by atoms with Gasteiger partial charge in [-0.05, 0) is 62.7 Å². The van der Waals surface area contributed by atoms with Crippen molar-refractivity contribution in [2.75, 3.05) is 36.9 Å². The average Bonchev–Trinajstić information content (AvgIpc) is 3.23. The molecule has 0 saturated heterocycles. The van der Waals surface area contributed by atoms with Crippen LogP contribution in [0.15, 0.2) is 66.7 Å². The second-order valence-corrected chi connectivity index (χ2v) is 8.97. The third kappa shape index (κ3) is 6.15. The summed E-state index contributed by atoms with van der Waals surface area (Å²) < 4.78 is 11.6. The smallest absolute Gasteiger partial charge is 0.258 e. The summed E-state index contributed by atoms with van der Waals surface area (Å²) in [5, 5.41) is 6.58. The molecular formula is C31H37N3O3. The molecule has 1 amide bonds. The maximum Gasteiger partial charge on any atom is 0.258 e. The van der Waals surface area contributed by atoms with Gasteiger partial charge in [0.1, 0.15) is 0 Å². The number of rotatable bonds is 12. The van der Waals surface area contributed by atoms with E-state index in [2.05, 4.69) is 53.6 Å². The summed E-state index contributed by atoms with van der Waals surface area (Å²) in [6.07, 6.45) is 1.14. The van der Waals surface area contributed by atoms with E-state index in [0.717, 1.165) is 48.6 Å². The van der Waals surface area contributed by atoms with E-state index in [-0.39, 0.29) is 5.91 Å². The van der Waals surface area contributed by atoms with E-state index in [4.69, 9.17) is 9.47 Å². The summed E-state index contributed by atoms with van der Waals surface area (Å²) >= 11 is 0. The molecule has 194 valence electrons. The number of hydrogen-bond donors (Lipinski definition) is 2. The minimum Gasteiger partial charge on any atom is -0.490 e. The number of carbonyl (C=O) groups is 1. The molecular weight excluding hydrogens is 462 g/mol.